The zero-order valence-corrected chi connectivity index (χ0v) is 20.1. The highest BCUT2D eigenvalue weighted by atomic mass is 32.1. The third kappa shape index (κ3) is 4.41. The SMILES string of the molecule is CC(=O)Nc1ccc(N2C(=S)NC(c3ccccn3)C2c2cccn2-c2ccc([N+](=O)[O-])cc2)cc1. The fourth-order valence-electron chi connectivity index (χ4n) is 4.45. The number of nitrogens with one attached hydrogen (secondary N) is 2. The van der Waals surface area contributed by atoms with E-state index in [1.165, 1.54) is 19.1 Å². The molecule has 0 spiro atoms. The van der Waals surface area contributed by atoms with Crippen LogP contribution in [0, 0.1) is 10.1 Å². The number of thiocarbonyl (C=S) groups is 1. The van der Waals surface area contributed by atoms with Crippen LogP contribution in [0.1, 0.15) is 30.4 Å². The molecule has 2 atom stereocenters. The van der Waals surface area contributed by atoms with Crippen molar-refractivity contribution in [3.05, 3.63) is 113 Å². The molecular weight excluding hydrogens is 476 g/mol. The molecule has 0 bridgehead atoms. The van der Waals surface area contributed by atoms with Crippen LogP contribution in [-0.2, 0) is 4.79 Å². The van der Waals surface area contributed by atoms with Crippen molar-refractivity contribution in [3.63, 3.8) is 0 Å². The molecule has 4 aromatic rings. The summed E-state index contributed by atoms with van der Waals surface area (Å²) >= 11 is 5.79. The topological polar surface area (TPSA) is 105 Å². The lowest BCUT2D eigenvalue weighted by Gasteiger charge is -2.29. The Morgan fingerprint density at radius 2 is 1.75 bits per heavy atom. The van der Waals surface area contributed by atoms with Crippen molar-refractivity contribution < 1.29 is 9.72 Å². The van der Waals surface area contributed by atoms with E-state index < -0.39 is 4.92 Å². The molecule has 1 fully saturated rings. The summed E-state index contributed by atoms with van der Waals surface area (Å²) in [6.07, 6.45) is 3.67. The Balaban J connectivity index is 1.59. The van der Waals surface area contributed by atoms with Crippen LogP contribution in [0.25, 0.3) is 5.69 Å². The Morgan fingerprint density at radius 1 is 1.03 bits per heavy atom. The maximum Gasteiger partial charge on any atom is 0.269 e. The minimum absolute atomic E-state index is 0.0309. The van der Waals surface area contributed by atoms with Crippen molar-refractivity contribution in [3.8, 4) is 5.69 Å². The predicted octanol–water partition coefficient (Wildman–Crippen LogP) is 4.92. The maximum atomic E-state index is 11.4. The van der Waals surface area contributed by atoms with Crippen LogP contribution in [0.2, 0.25) is 0 Å². The van der Waals surface area contributed by atoms with Crippen molar-refractivity contribution in [2.75, 3.05) is 10.2 Å². The van der Waals surface area contributed by atoms with Gasteiger partial charge in [-0.3, -0.25) is 19.9 Å². The Bertz CT molecular complexity index is 1420. The molecule has 0 aliphatic carbocycles. The van der Waals surface area contributed by atoms with Gasteiger partial charge in [0.15, 0.2) is 5.11 Å². The van der Waals surface area contributed by atoms with E-state index in [0.717, 1.165) is 22.8 Å². The Hall–Kier alpha value is -4.57. The first-order chi connectivity index (χ1) is 17.4. The third-order valence-electron chi connectivity index (χ3n) is 5.99. The number of aromatic nitrogens is 2. The van der Waals surface area contributed by atoms with E-state index in [1.54, 1.807) is 18.3 Å². The zero-order chi connectivity index (χ0) is 25.2. The van der Waals surface area contributed by atoms with Gasteiger partial charge < -0.3 is 20.1 Å². The van der Waals surface area contributed by atoms with Gasteiger partial charge in [-0.05, 0) is 72.9 Å². The maximum absolute atomic E-state index is 11.4. The summed E-state index contributed by atoms with van der Waals surface area (Å²) in [6.45, 7) is 1.47. The molecule has 2 aromatic heterocycles. The van der Waals surface area contributed by atoms with Gasteiger partial charge in [-0.15, -0.1) is 0 Å². The van der Waals surface area contributed by atoms with Gasteiger partial charge in [0.2, 0.25) is 5.91 Å². The van der Waals surface area contributed by atoms with Crippen molar-refractivity contribution in [2.24, 2.45) is 0 Å². The number of carbonyl (C=O) groups excluding carboxylic acids is 1. The average Bonchev–Trinajstić information content (AvgIpc) is 3.49. The smallest absolute Gasteiger partial charge is 0.269 e. The quantitative estimate of drug-likeness (QED) is 0.221. The molecule has 0 saturated carbocycles. The fraction of sp³-hybridized carbons (Fsp3) is 0.115. The monoisotopic (exact) mass is 498 g/mol. The number of pyridine rings is 1. The van der Waals surface area contributed by atoms with Gasteiger partial charge in [-0.2, -0.15) is 0 Å². The minimum Gasteiger partial charge on any atom is -0.351 e. The van der Waals surface area contributed by atoms with Gasteiger partial charge >= 0.3 is 0 Å². The third-order valence-corrected chi connectivity index (χ3v) is 6.30. The number of hydrogen-bond donors (Lipinski definition) is 2. The number of benzene rings is 2. The molecule has 2 unspecified atom stereocenters. The number of anilines is 2. The largest absolute Gasteiger partial charge is 0.351 e. The van der Waals surface area contributed by atoms with Gasteiger partial charge in [0.25, 0.3) is 5.69 Å². The van der Waals surface area contributed by atoms with Gasteiger partial charge in [-0.25, -0.2) is 0 Å². The molecule has 9 nitrogen and oxygen atoms in total. The van der Waals surface area contributed by atoms with Crippen LogP contribution in [0.15, 0.2) is 91.3 Å². The number of nitrogens with zero attached hydrogens (tertiary/aromatic N) is 4. The number of hydrogen-bond acceptors (Lipinski definition) is 5. The fourth-order valence-corrected chi connectivity index (χ4v) is 4.79. The number of non-ortho nitro benzene ring substituents is 1. The van der Waals surface area contributed by atoms with Gasteiger partial charge in [-0.1, -0.05) is 6.07 Å². The van der Waals surface area contributed by atoms with E-state index in [1.807, 2.05) is 70.3 Å². The van der Waals surface area contributed by atoms with Gasteiger partial charge in [0.1, 0.15) is 6.04 Å². The van der Waals surface area contributed by atoms with Crippen molar-refractivity contribution in [1.82, 2.24) is 14.9 Å². The molecule has 3 heterocycles. The average molecular weight is 499 g/mol. The molecule has 1 saturated heterocycles. The second-order valence-corrected chi connectivity index (χ2v) is 8.69. The first-order valence-electron chi connectivity index (χ1n) is 11.2. The molecule has 10 heteroatoms. The molecule has 1 amide bonds. The number of carbonyl (C=O) groups is 1. The molecule has 0 radical (unpaired) electrons. The summed E-state index contributed by atoms with van der Waals surface area (Å²) in [6, 6.07) is 23.1. The zero-order valence-electron chi connectivity index (χ0n) is 19.2. The summed E-state index contributed by atoms with van der Waals surface area (Å²) in [7, 11) is 0. The molecule has 180 valence electrons. The number of nitro benzene ring substituents is 1. The van der Waals surface area contributed by atoms with Crippen LogP contribution in [0.4, 0.5) is 17.1 Å². The van der Waals surface area contributed by atoms with Crippen LogP contribution in [-0.4, -0.2) is 25.5 Å². The summed E-state index contributed by atoms with van der Waals surface area (Å²) < 4.78 is 2.00. The molecule has 1 aliphatic heterocycles. The first kappa shape index (κ1) is 23.2. The van der Waals surface area contributed by atoms with Crippen molar-refractivity contribution >= 4 is 40.3 Å². The Kier molecular flexibility index (Phi) is 6.17. The highest BCUT2D eigenvalue weighted by molar-refractivity contribution is 7.80. The lowest BCUT2D eigenvalue weighted by molar-refractivity contribution is -0.384. The number of amides is 1. The van der Waals surface area contributed by atoms with E-state index in [9.17, 15) is 14.9 Å². The molecular formula is C26H22N6O3S. The van der Waals surface area contributed by atoms with Crippen molar-refractivity contribution in [1.29, 1.82) is 0 Å². The summed E-state index contributed by atoms with van der Waals surface area (Å²) in [5.41, 5.74) is 4.12. The molecule has 36 heavy (non-hydrogen) atoms. The Labute approximate surface area is 212 Å². The highest BCUT2D eigenvalue weighted by Crippen LogP contribution is 2.42. The normalized spacial score (nSPS) is 17.0. The highest BCUT2D eigenvalue weighted by Gasteiger charge is 2.42. The number of nitro groups is 1. The Morgan fingerprint density at radius 3 is 2.39 bits per heavy atom. The van der Waals surface area contributed by atoms with E-state index in [2.05, 4.69) is 15.6 Å². The van der Waals surface area contributed by atoms with Gasteiger partial charge in [0.05, 0.1) is 16.7 Å². The summed E-state index contributed by atoms with van der Waals surface area (Å²) in [4.78, 5) is 28.8. The van der Waals surface area contributed by atoms with Crippen LogP contribution >= 0.6 is 12.2 Å². The van der Waals surface area contributed by atoms with E-state index in [0.29, 0.717) is 10.8 Å². The summed E-state index contributed by atoms with van der Waals surface area (Å²) in [5, 5.41) is 17.9. The molecule has 1 aliphatic rings. The van der Waals surface area contributed by atoms with Gasteiger partial charge in [0, 0.05) is 54.2 Å². The first-order valence-corrected chi connectivity index (χ1v) is 11.6. The molecule has 5 rings (SSSR count). The molecule has 2 N–H and O–H groups in total. The summed E-state index contributed by atoms with van der Waals surface area (Å²) in [5.74, 6) is -0.143. The number of rotatable bonds is 6. The predicted molar refractivity (Wildman–Crippen MR) is 141 cm³/mol. The van der Waals surface area contributed by atoms with Crippen LogP contribution < -0.4 is 15.5 Å². The van der Waals surface area contributed by atoms with E-state index in [4.69, 9.17) is 12.2 Å². The van der Waals surface area contributed by atoms with Crippen molar-refractivity contribution in [2.45, 2.75) is 19.0 Å². The standard InChI is InChI=1S/C26H22N6O3S/c1-17(33)28-18-7-9-20(10-8-18)31-25(24(29-26(31)36)22-5-2-3-15-27-22)23-6-4-16-30(23)19-11-13-21(14-12-19)32(34)35/h2-16,24-25H,1H3,(H,28,33)(H,29,36). The van der Waals surface area contributed by atoms with E-state index in [-0.39, 0.29) is 23.7 Å². The second-order valence-electron chi connectivity index (χ2n) is 8.30. The van der Waals surface area contributed by atoms with Crippen LogP contribution in [0.3, 0.4) is 0 Å². The van der Waals surface area contributed by atoms with E-state index >= 15 is 0 Å². The lowest BCUT2D eigenvalue weighted by atomic mass is 10.0. The lowest BCUT2D eigenvalue weighted by Crippen LogP contribution is -2.30. The minimum atomic E-state index is -0.414. The van der Waals surface area contributed by atoms with Crippen LogP contribution in [0.5, 0.6) is 0 Å². The molecule has 2 aromatic carbocycles. The second kappa shape index (κ2) is 9.59.